The molecule has 0 unspecified atom stereocenters. The summed E-state index contributed by atoms with van der Waals surface area (Å²) in [6.45, 7) is 3.83. The molecular formula is C18H20ClN3O3S. The summed E-state index contributed by atoms with van der Waals surface area (Å²) in [6, 6.07) is 12.0. The van der Waals surface area contributed by atoms with E-state index in [2.05, 4.69) is 16.2 Å². The minimum Gasteiger partial charge on any atom is -0.493 e. The van der Waals surface area contributed by atoms with E-state index in [1.54, 1.807) is 42.5 Å². The molecular weight excluding hydrogens is 374 g/mol. The van der Waals surface area contributed by atoms with Gasteiger partial charge in [0.05, 0.1) is 13.2 Å². The number of hydrogen-bond donors (Lipinski definition) is 3. The molecule has 0 aromatic heterocycles. The summed E-state index contributed by atoms with van der Waals surface area (Å²) in [5, 5.41) is 3.80. The second-order valence-electron chi connectivity index (χ2n) is 5.57. The number of carbonyl (C=O) groups excluding carboxylic acids is 1. The molecule has 0 radical (unpaired) electrons. The Bertz CT molecular complexity index is 782. The zero-order chi connectivity index (χ0) is 19.1. The largest absolute Gasteiger partial charge is 0.493 e. The first-order valence-corrected chi connectivity index (χ1v) is 8.65. The van der Waals surface area contributed by atoms with Gasteiger partial charge in [-0.25, -0.2) is 0 Å². The topological polar surface area (TPSA) is 71.6 Å². The SMILES string of the molecule is COc1cc(C(=O)NNC(=S)Nc2ccc(Cl)cc2)ccc1OC(C)C. The van der Waals surface area contributed by atoms with Gasteiger partial charge in [0.15, 0.2) is 16.6 Å². The molecule has 3 N–H and O–H groups in total. The van der Waals surface area contributed by atoms with Crippen molar-refractivity contribution in [3.8, 4) is 11.5 Å². The van der Waals surface area contributed by atoms with Crippen LogP contribution in [-0.4, -0.2) is 24.2 Å². The minimum atomic E-state index is -0.361. The maximum atomic E-state index is 12.3. The van der Waals surface area contributed by atoms with Crippen LogP contribution in [0.5, 0.6) is 11.5 Å². The molecule has 0 saturated carbocycles. The summed E-state index contributed by atoms with van der Waals surface area (Å²) in [7, 11) is 1.52. The molecule has 0 fully saturated rings. The van der Waals surface area contributed by atoms with E-state index in [0.717, 1.165) is 5.69 Å². The third kappa shape index (κ3) is 5.79. The molecule has 0 aliphatic carbocycles. The predicted octanol–water partition coefficient (Wildman–Crippen LogP) is 3.77. The molecule has 0 aliphatic heterocycles. The number of ether oxygens (including phenoxy) is 2. The molecule has 26 heavy (non-hydrogen) atoms. The number of anilines is 1. The van der Waals surface area contributed by atoms with Crippen molar-refractivity contribution in [1.82, 2.24) is 10.9 Å². The van der Waals surface area contributed by atoms with Gasteiger partial charge in [0.25, 0.3) is 5.91 Å². The van der Waals surface area contributed by atoms with Crippen molar-refractivity contribution in [2.45, 2.75) is 20.0 Å². The monoisotopic (exact) mass is 393 g/mol. The first kappa shape index (κ1) is 19.8. The zero-order valence-corrected chi connectivity index (χ0v) is 16.2. The van der Waals surface area contributed by atoms with Gasteiger partial charge in [0, 0.05) is 16.3 Å². The molecule has 0 spiro atoms. The van der Waals surface area contributed by atoms with Gasteiger partial charge in [-0.05, 0) is 68.5 Å². The van der Waals surface area contributed by atoms with Crippen molar-refractivity contribution >= 4 is 40.5 Å². The van der Waals surface area contributed by atoms with Gasteiger partial charge in [-0.2, -0.15) is 0 Å². The second-order valence-corrected chi connectivity index (χ2v) is 6.42. The number of benzene rings is 2. The van der Waals surface area contributed by atoms with Crippen molar-refractivity contribution in [2.75, 3.05) is 12.4 Å². The summed E-state index contributed by atoms with van der Waals surface area (Å²) >= 11 is 11.0. The smallest absolute Gasteiger partial charge is 0.269 e. The van der Waals surface area contributed by atoms with Crippen LogP contribution in [0.15, 0.2) is 42.5 Å². The van der Waals surface area contributed by atoms with Crippen LogP contribution in [0.2, 0.25) is 5.02 Å². The molecule has 6 nitrogen and oxygen atoms in total. The lowest BCUT2D eigenvalue weighted by Crippen LogP contribution is -2.43. The van der Waals surface area contributed by atoms with E-state index in [9.17, 15) is 4.79 Å². The number of halogens is 1. The van der Waals surface area contributed by atoms with Crippen LogP contribution in [0.25, 0.3) is 0 Å². The Morgan fingerprint density at radius 1 is 1.08 bits per heavy atom. The highest BCUT2D eigenvalue weighted by molar-refractivity contribution is 7.80. The van der Waals surface area contributed by atoms with Crippen LogP contribution in [0.1, 0.15) is 24.2 Å². The first-order chi connectivity index (χ1) is 12.4. The van der Waals surface area contributed by atoms with Crippen LogP contribution in [0.3, 0.4) is 0 Å². The Morgan fingerprint density at radius 3 is 2.38 bits per heavy atom. The van der Waals surface area contributed by atoms with E-state index in [1.165, 1.54) is 7.11 Å². The van der Waals surface area contributed by atoms with Crippen LogP contribution >= 0.6 is 23.8 Å². The Kier molecular flexibility index (Phi) is 7.06. The number of nitrogens with one attached hydrogen (secondary N) is 3. The van der Waals surface area contributed by atoms with E-state index >= 15 is 0 Å². The van der Waals surface area contributed by atoms with Gasteiger partial charge in [-0.15, -0.1) is 0 Å². The Balaban J connectivity index is 1.94. The molecule has 138 valence electrons. The standard InChI is InChI=1S/C18H20ClN3O3S/c1-11(2)25-15-9-4-12(10-16(15)24-3)17(23)21-22-18(26)20-14-7-5-13(19)6-8-14/h4-11H,1-3H3,(H,21,23)(H2,20,22,26). The van der Waals surface area contributed by atoms with Gasteiger partial charge in [-0.1, -0.05) is 11.6 Å². The van der Waals surface area contributed by atoms with Crippen LogP contribution in [0, 0.1) is 0 Å². The lowest BCUT2D eigenvalue weighted by Gasteiger charge is -2.15. The fourth-order valence-corrected chi connectivity index (χ4v) is 2.34. The third-order valence-electron chi connectivity index (χ3n) is 3.18. The zero-order valence-electron chi connectivity index (χ0n) is 14.6. The van der Waals surface area contributed by atoms with Crippen molar-refractivity contribution < 1.29 is 14.3 Å². The molecule has 1 amide bonds. The lowest BCUT2D eigenvalue weighted by molar-refractivity contribution is 0.0943. The molecule has 0 aliphatic rings. The lowest BCUT2D eigenvalue weighted by atomic mass is 10.2. The molecule has 2 aromatic carbocycles. The Labute approximate surface area is 162 Å². The summed E-state index contributed by atoms with van der Waals surface area (Å²) in [5.74, 6) is 0.694. The maximum Gasteiger partial charge on any atom is 0.269 e. The average Bonchev–Trinajstić information content (AvgIpc) is 2.61. The maximum absolute atomic E-state index is 12.3. The third-order valence-corrected chi connectivity index (χ3v) is 3.64. The van der Waals surface area contributed by atoms with Gasteiger partial charge < -0.3 is 14.8 Å². The molecule has 2 aromatic rings. The van der Waals surface area contributed by atoms with E-state index in [4.69, 9.17) is 33.3 Å². The minimum absolute atomic E-state index is 0.00144. The molecule has 0 heterocycles. The van der Waals surface area contributed by atoms with Crippen molar-refractivity contribution in [2.24, 2.45) is 0 Å². The molecule has 2 rings (SSSR count). The number of hydrogen-bond acceptors (Lipinski definition) is 4. The average molecular weight is 394 g/mol. The van der Waals surface area contributed by atoms with E-state index < -0.39 is 0 Å². The number of thiocarbonyl (C=S) groups is 1. The van der Waals surface area contributed by atoms with Crippen LogP contribution in [0.4, 0.5) is 5.69 Å². The molecule has 0 saturated heterocycles. The highest BCUT2D eigenvalue weighted by Gasteiger charge is 2.12. The van der Waals surface area contributed by atoms with Crippen LogP contribution < -0.4 is 25.6 Å². The van der Waals surface area contributed by atoms with Crippen LogP contribution in [-0.2, 0) is 0 Å². The van der Waals surface area contributed by atoms with Crippen molar-refractivity contribution in [3.63, 3.8) is 0 Å². The summed E-state index contributed by atoms with van der Waals surface area (Å²) in [5.41, 5.74) is 6.32. The number of carbonyl (C=O) groups is 1. The predicted molar refractivity (Wildman–Crippen MR) is 107 cm³/mol. The number of hydrazine groups is 1. The van der Waals surface area contributed by atoms with Gasteiger partial charge in [-0.3, -0.25) is 15.6 Å². The van der Waals surface area contributed by atoms with E-state index in [-0.39, 0.29) is 17.1 Å². The highest BCUT2D eigenvalue weighted by Crippen LogP contribution is 2.28. The Hall–Kier alpha value is -2.51. The Morgan fingerprint density at radius 2 is 1.77 bits per heavy atom. The normalized spacial score (nSPS) is 10.2. The number of amides is 1. The van der Waals surface area contributed by atoms with Gasteiger partial charge >= 0.3 is 0 Å². The van der Waals surface area contributed by atoms with Crippen molar-refractivity contribution in [1.29, 1.82) is 0 Å². The second kappa shape index (κ2) is 9.26. The number of rotatable bonds is 5. The fourth-order valence-electron chi connectivity index (χ4n) is 2.04. The van der Waals surface area contributed by atoms with E-state index in [0.29, 0.717) is 22.1 Å². The first-order valence-electron chi connectivity index (χ1n) is 7.86. The summed E-state index contributed by atoms with van der Waals surface area (Å²) in [6.07, 6.45) is 0.00144. The number of methoxy groups -OCH3 is 1. The molecule has 8 heteroatoms. The van der Waals surface area contributed by atoms with Gasteiger partial charge in [0.2, 0.25) is 0 Å². The summed E-state index contributed by atoms with van der Waals surface area (Å²) < 4.78 is 10.9. The van der Waals surface area contributed by atoms with Crippen molar-refractivity contribution in [3.05, 3.63) is 53.1 Å². The highest BCUT2D eigenvalue weighted by atomic mass is 35.5. The fraction of sp³-hybridized carbons (Fsp3) is 0.222. The molecule has 0 bridgehead atoms. The summed E-state index contributed by atoms with van der Waals surface area (Å²) in [4.78, 5) is 12.3. The molecule has 0 atom stereocenters. The quantitative estimate of drug-likeness (QED) is 0.530. The van der Waals surface area contributed by atoms with E-state index in [1.807, 2.05) is 13.8 Å². The van der Waals surface area contributed by atoms with Gasteiger partial charge in [0.1, 0.15) is 0 Å².